The molecule has 0 N–H and O–H groups in total. The summed E-state index contributed by atoms with van der Waals surface area (Å²) in [5.74, 6) is 3.23. The maximum Gasteiger partial charge on any atom is 0.257 e. The molecule has 0 aromatic carbocycles. The zero-order valence-electron chi connectivity index (χ0n) is 16.5. The fraction of sp³-hybridized carbons (Fsp3) is 0.773. The van der Waals surface area contributed by atoms with Crippen LogP contribution in [0.2, 0.25) is 0 Å². The molecule has 1 unspecified atom stereocenters. The van der Waals surface area contributed by atoms with E-state index in [1.54, 1.807) is 12.3 Å². The first-order valence-electron chi connectivity index (χ1n) is 10.8. The van der Waals surface area contributed by atoms with Crippen LogP contribution in [0.5, 0.6) is 0 Å². The van der Waals surface area contributed by atoms with Gasteiger partial charge < -0.3 is 14.1 Å². The third-order valence-corrected chi connectivity index (χ3v) is 7.07. The fourth-order valence-electron chi connectivity index (χ4n) is 4.98. The Bertz CT molecular complexity index is 685. The Balaban J connectivity index is 1.22. The van der Waals surface area contributed by atoms with E-state index in [4.69, 9.17) is 9.15 Å². The van der Waals surface area contributed by atoms with Crippen molar-refractivity contribution in [3.8, 4) is 0 Å². The predicted octanol–water partition coefficient (Wildman–Crippen LogP) is 3.33. The summed E-state index contributed by atoms with van der Waals surface area (Å²) in [7, 11) is 0. The Hall–Kier alpha value is -1.33. The van der Waals surface area contributed by atoms with E-state index >= 15 is 0 Å². The Labute approximate surface area is 162 Å². The molecule has 2 saturated carbocycles. The lowest BCUT2D eigenvalue weighted by atomic mass is 9.74. The Morgan fingerprint density at radius 1 is 1.15 bits per heavy atom. The minimum atomic E-state index is 0.130. The van der Waals surface area contributed by atoms with Gasteiger partial charge in [0.05, 0.1) is 17.4 Å². The summed E-state index contributed by atoms with van der Waals surface area (Å²) in [6, 6.07) is 1.81. The summed E-state index contributed by atoms with van der Waals surface area (Å²) in [5.41, 5.74) is 0.903. The zero-order valence-corrected chi connectivity index (χ0v) is 16.5. The molecule has 3 heterocycles. The number of likely N-dealkylation sites (tertiary alicyclic amines) is 2. The summed E-state index contributed by atoms with van der Waals surface area (Å²) in [6.07, 6.45) is 9.52. The summed E-state index contributed by atoms with van der Waals surface area (Å²) in [6.45, 7) is 7.85. The number of rotatable bonds is 7. The second kappa shape index (κ2) is 6.93. The second-order valence-corrected chi connectivity index (χ2v) is 9.51. The molecule has 1 aromatic rings. The van der Waals surface area contributed by atoms with Crippen molar-refractivity contribution in [3.63, 3.8) is 0 Å². The number of nitrogens with zero attached hydrogens (tertiary/aromatic N) is 2. The minimum absolute atomic E-state index is 0.130. The number of ether oxygens (including phenoxy) is 1. The second-order valence-electron chi connectivity index (χ2n) is 9.51. The van der Waals surface area contributed by atoms with Crippen LogP contribution in [0.3, 0.4) is 0 Å². The van der Waals surface area contributed by atoms with Gasteiger partial charge in [-0.2, -0.15) is 0 Å². The lowest BCUT2D eigenvalue weighted by Crippen LogP contribution is -2.73. The van der Waals surface area contributed by atoms with E-state index < -0.39 is 0 Å². The van der Waals surface area contributed by atoms with Crippen molar-refractivity contribution in [2.75, 3.05) is 39.4 Å². The van der Waals surface area contributed by atoms with E-state index in [0.717, 1.165) is 49.5 Å². The standard InChI is InChI=1S/C22H32N2O3/c1-16-20(7-9-27-16)21(25)23-14-22(15-23)10-19(13-26-12-18-4-5-18)6-8-24(22)11-17-2-3-17/h7,9,17-19H,2-6,8,10-15H2,1H3. The van der Waals surface area contributed by atoms with Gasteiger partial charge in [0.15, 0.2) is 0 Å². The summed E-state index contributed by atoms with van der Waals surface area (Å²) < 4.78 is 11.4. The lowest BCUT2D eigenvalue weighted by Gasteiger charge is -2.59. The number of piperidine rings is 1. The Morgan fingerprint density at radius 2 is 1.89 bits per heavy atom. The van der Waals surface area contributed by atoms with Crippen molar-refractivity contribution >= 4 is 5.91 Å². The molecule has 0 bridgehead atoms. The predicted molar refractivity (Wildman–Crippen MR) is 103 cm³/mol. The number of aryl methyl sites for hydroxylation is 1. The highest BCUT2D eigenvalue weighted by atomic mass is 16.5. The normalized spacial score (nSPS) is 27.7. The highest BCUT2D eigenvalue weighted by Gasteiger charge is 2.53. The summed E-state index contributed by atoms with van der Waals surface area (Å²) >= 11 is 0. The number of amides is 1. The molecule has 1 aromatic heterocycles. The van der Waals surface area contributed by atoms with Crippen LogP contribution in [0.15, 0.2) is 16.7 Å². The molecule has 1 amide bonds. The molecule has 2 saturated heterocycles. The molecular weight excluding hydrogens is 340 g/mol. The number of hydrogen-bond acceptors (Lipinski definition) is 4. The van der Waals surface area contributed by atoms with Crippen LogP contribution in [-0.2, 0) is 4.74 Å². The van der Waals surface area contributed by atoms with Crippen LogP contribution in [0.4, 0.5) is 0 Å². The fourth-order valence-corrected chi connectivity index (χ4v) is 4.98. The van der Waals surface area contributed by atoms with Crippen LogP contribution in [0.25, 0.3) is 0 Å². The molecule has 1 spiro atoms. The third-order valence-electron chi connectivity index (χ3n) is 7.07. The average Bonchev–Trinajstić information content (AvgIpc) is 3.55. The van der Waals surface area contributed by atoms with Crippen LogP contribution in [0, 0.1) is 24.7 Å². The molecule has 4 fully saturated rings. The van der Waals surface area contributed by atoms with E-state index in [1.165, 1.54) is 51.6 Å². The van der Waals surface area contributed by atoms with Gasteiger partial charge in [0.2, 0.25) is 0 Å². The summed E-state index contributed by atoms with van der Waals surface area (Å²) in [5, 5.41) is 0. The van der Waals surface area contributed by atoms with Crippen molar-refractivity contribution in [3.05, 3.63) is 23.7 Å². The molecule has 5 nitrogen and oxygen atoms in total. The number of carbonyl (C=O) groups excluding carboxylic acids is 1. The minimum Gasteiger partial charge on any atom is -0.469 e. The molecule has 0 radical (unpaired) electrons. The first kappa shape index (κ1) is 17.7. The highest BCUT2D eigenvalue weighted by Crippen LogP contribution is 2.43. The quantitative estimate of drug-likeness (QED) is 0.736. The van der Waals surface area contributed by atoms with Gasteiger partial charge in [0.25, 0.3) is 5.91 Å². The maximum atomic E-state index is 12.8. The summed E-state index contributed by atoms with van der Waals surface area (Å²) in [4.78, 5) is 17.6. The molecule has 5 heteroatoms. The lowest BCUT2D eigenvalue weighted by molar-refractivity contribution is -0.0896. The van der Waals surface area contributed by atoms with Crippen LogP contribution in [-0.4, -0.2) is 60.6 Å². The van der Waals surface area contributed by atoms with Crippen LogP contribution >= 0.6 is 0 Å². The van der Waals surface area contributed by atoms with E-state index in [1.807, 2.05) is 11.8 Å². The Morgan fingerprint density at radius 3 is 2.56 bits per heavy atom. The average molecular weight is 373 g/mol. The van der Waals surface area contributed by atoms with Gasteiger partial charge in [-0.15, -0.1) is 0 Å². The molecule has 2 aliphatic carbocycles. The van der Waals surface area contributed by atoms with Gasteiger partial charge in [-0.05, 0) is 75.8 Å². The molecule has 4 aliphatic rings. The maximum absolute atomic E-state index is 12.8. The van der Waals surface area contributed by atoms with Crippen LogP contribution < -0.4 is 0 Å². The van der Waals surface area contributed by atoms with Gasteiger partial charge in [0, 0.05) is 32.8 Å². The molecule has 27 heavy (non-hydrogen) atoms. The van der Waals surface area contributed by atoms with Crippen LogP contribution in [0.1, 0.15) is 54.6 Å². The van der Waals surface area contributed by atoms with E-state index in [0.29, 0.717) is 5.92 Å². The molecule has 148 valence electrons. The topological polar surface area (TPSA) is 45.9 Å². The number of furan rings is 1. The number of carbonyl (C=O) groups is 1. The monoisotopic (exact) mass is 372 g/mol. The van der Waals surface area contributed by atoms with Crippen molar-refractivity contribution in [2.24, 2.45) is 17.8 Å². The van der Waals surface area contributed by atoms with Gasteiger partial charge in [-0.25, -0.2) is 0 Å². The van der Waals surface area contributed by atoms with Gasteiger partial charge in [-0.3, -0.25) is 9.69 Å². The first-order chi connectivity index (χ1) is 13.1. The zero-order chi connectivity index (χ0) is 18.4. The molecular formula is C22H32N2O3. The largest absolute Gasteiger partial charge is 0.469 e. The van der Waals surface area contributed by atoms with Crippen molar-refractivity contribution in [1.82, 2.24) is 9.80 Å². The molecule has 1 atom stereocenters. The van der Waals surface area contributed by atoms with Gasteiger partial charge in [-0.1, -0.05) is 0 Å². The molecule has 5 rings (SSSR count). The van der Waals surface area contributed by atoms with Crippen molar-refractivity contribution in [1.29, 1.82) is 0 Å². The highest BCUT2D eigenvalue weighted by molar-refractivity contribution is 5.95. The third kappa shape index (κ3) is 3.68. The Kier molecular flexibility index (Phi) is 4.55. The SMILES string of the molecule is Cc1occc1C(=O)N1CC2(CC(COCC3CC3)CCN2CC2CC2)C1. The van der Waals surface area contributed by atoms with E-state index in [9.17, 15) is 4.79 Å². The van der Waals surface area contributed by atoms with Gasteiger partial charge in [0.1, 0.15) is 5.76 Å². The van der Waals surface area contributed by atoms with Crippen molar-refractivity contribution in [2.45, 2.75) is 51.0 Å². The first-order valence-corrected chi connectivity index (χ1v) is 10.8. The van der Waals surface area contributed by atoms with E-state index in [-0.39, 0.29) is 11.4 Å². The smallest absolute Gasteiger partial charge is 0.257 e. The molecule has 2 aliphatic heterocycles. The van der Waals surface area contributed by atoms with Gasteiger partial charge >= 0.3 is 0 Å². The van der Waals surface area contributed by atoms with E-state index in [2.05, 4.69) is 4.90 Å². The number of hydrogen-bond donors (Lipinski definition) is 0. The van der Waals surface area contributed by atoms with Crippen molar-refractivity contribution < 1.29 is 13.9 Å².